The van der Waals surface area contributed by atoms with Gasteiger partial charge in [0.15, 0.2) is 0 Å². The van der Waals surface area contributed by atoms with Gasteiger partial charge in [-0.25, -0.2) is 0 Å². The van der Waals surface area contributed by atoms with E-state index in [9.17, 15) is 0 Å². The van der Waals surface area contributed by atoms with Crippen molar-refractivity contribution < 1.29 is 9.47 Å². The average Bonchev–Trinajstić information content (AvgIpc) is 2.37. The van der Waals surface area contributed by atoms with Gasteiger partial charge in [-0.15, -0.1) is 0 Å². The van der Waals surface area contributed by atoms with Crippen LogP contribution in [0.2, 0.25) is 0 Å². The Hall–Kier alpha value is -0.160. The lowest BCUT2D eigenvalue weighted by molar-refractivity contribution is 0.0368. The normalized spacial score (nSPS) is 28.1. The molecule has 0 radical (unpaired) electrons. The van der Waals surface area contributed by atoms with Crippen LogP contribution in [0.3, 0.4) is 0 Å². The molecule has 1 unspecified atom stereocenters. The van der Waals surface area contributed by atoms with Crippen molar-refractivity contribution in [1.82, 2.24) is 10.2 Å². The highest BCUT2D eigenvalue weighted by molar-refractivity contribution is 4.68. The highest BCUT2D eigenvalue weighted by Gasteiger charge is 2.13. The van der Waals surface area contributed by atoms with E-state index in [0.29, 0.717) is 0 Å². The van der Waals surface area contributed by atoms with Crippen LogP contribution in [-0.2, 0) is 9.47 Å². The highest BCUT2D eigenvalue weighted by Crippen LogP contribution is 2.11. The van der Waals surface area contributed by atoms with Crippen molar-refractivity contribution in [2.75, 3.05) is 59.2 Å². The topological polar surface area (TPSA) is 33.7 Å². The molecule has 16 heavy (non-hydrogen) atoms. The van der Waals surface area contributed by atoms with E-state index in [1.165, 1.54) is 12.8 Å². The van der Waals surface area contributed by atoms with Gasteiger partial charge in [-0.05, 0) is 18.8 Å². The molecule has 0 aromatic heterocycles. The zero-order valence-corrected chi connectivity index (χ0v) is 10.1. The van der Waals surface area contributed by atoms with Crippen molar-refractivity contribution in [2.45, 2.75) is 12.8 Å². The minimum absolute atomic E-state index is 0.735. The van der Waals surface area contributed by atoms with Crippen molar-refractivity contribution in [3.05, 3.63) is 0 Å². The summed E-state index contributed by atoms with van der Waals surface area (Å²) < 4.78 is 10.8. The Labute approximate surface area is 98.3 Å². The van der Waals surface area contributed by atoms with Gasteiger partial charge in [-0.3, -0.25) is 4.90 Å². The molecule has 0 aliphatic carbocycles. The summed E-state index contributed by atoms with van der Waals surface area (Å²) in [7, 11) is 0. The molecular weight excluding hydrogens is 204 g/mol. The van der Waals surface area contributed by atoms with E-state index < -0.39 is 0 Å². The van der Waals surface area contributed by atoms with Gasteiger partial charge < -0.3 is 14.8 Å². The second kappa shape index (κ2) is 7.22. The third kappa shape index (κ3) is 4.37. The van der Waals surface area contributed by atoms with Crippen LogP contribution in [0.1, 0.15) is 12.8 Å². The minimum atomic E-state index is 0.735. The molecule has 0 aromatic rings. The molecule has 2 rings (SSSR count). The van der Waals surface area contributed by atoms with Crippen LogP contribution in [0.15, 0.2) is 0 Å². The monoisotopic (exact) mass is 228 g/mol. The lowest BCUT2D eigenvalue weighted by Crippen LogP contribution is -2.41. The molecule has 1 N–H and O–H groups in total. The lowest BCUT2D eigenvalue weighted by atomic mass is 10.0. The Bertz CT molecular complexity index is 158. The number of morpholine rings is 1. The van der Waals surface area contributed by atoms with E-state index in [0.717, 1.165) is 65.1 Å². The summed E-state index contributed by atoms with van der Waals surface area (Å²) in [4.78, 5) is 2.47. The van der Waals surface area contributed by atoms with Gasteiger partial charge in [0, 0.05) is 39.3 Å². The first kappa shape index (κ1) is 12.3. The number of rotatable bonds is 5. The van der Waals surface area contributed by atoms with Crippen molar-refractivity contribution in [1.29, 1.82) is 0 Å². The Kier molecular flexibility index (Phi) is 5.55. The van der Waals surface area contributed by atoms with E-state index in [1.54, 1.807) is 0 Å². The maximum Gasteiger partial charge on any atom is 0.0594 e. The van der Waals surface area contributed by atoms with E-state index in [4.69, 9.17) is 9.47 Å². The van der Waals surface area contributed by atoms with Crippen LogP contribution in [0.4, 0.5) is 0 Å². The molecule has 1 atom stereocenters. The number of hydrogen-bond donors (Lipinski definition) is 1. The second-order valence-corrected chi connectivity index (χ2v) is 4.74. The summed E-state index contributed by atoms with van der Waals surface area (Å²) in [5.74, 6) is 0.735. The summed E-state index contributed by atoms with van der Waals surface area (Å²) in [6, 6.07) is 0. The molecule has 94 valence electrons. The smallest absolute Gasteiger partial charge is 0.0594 e. The van der Waals surface area contributed by atoms with Crippen molar-refractivity contribution >= 4 is 0 Å². The fraction of sp³-hybridized carbons (Fsp3) is 1.00. The molecule has 2 saturated heterocycles. The van der Waals surface area contributed by atoms with Crippen LogP contribution in [0.25, 0.3) is 0 Å². The standard InChI is InChI=1S/C12H24N2O2/c1-2-12(11-16-7-1)10-13-3-4-14-5-8-15-9-6-14/h12-13H,1-11H2. The maximum atomic E-state index is 5.46. The van der Waals surface area contributed by atoms with Crippen LogP contribution >= 0.6 is 0 Å². The zero-order chi connectivity index (χ0) is 11.1. The molecule has 0 amide bonds. The number of nitrogens with zero attached hydrogens (tertiary/aromatic N) is 1. The summed E-state index contributed by atoms with van der Waals surface area (Å²) >= 11 is 0. The van der Waals surface area contributed by atoms with Gasteiger partial charge in [-0.2, -0.15) is 0 Å². The Balaban J connectivity index is 1.47. The average molecular weight is 228 g/mol. The zero-order valence-electron chi connectivity index (χ0n) is 10.1. The van der Waals surface area contributed by atoms with Gasteiger partial charge >= 0.3 is 0 Å². The van der Waals surface area contributed by atoms with E-state index in [1.807, 2.05) is 0 Å². The van der Waals surface area contributed by atoms with Crippen LogP contribution in [0.5, 0.6) is 0 Å². The first-order valence-electron chi connectivity index (χ1n) is 6.54. The fourth-order valence-electron chi connectivity index (χ4n) is 2.34. The van der Waals surface area contributed by atoms with E-state index in [2.05, 4.69) is 10.2 Å². The number of ether oxygens (including phenoxy) is 2. The predicted octanol–water partition coefficient (Wildman–Crippen LogP) is 0.335. The fourth-order valence-corrected chi connectivity index (χ4v) is 2.34. The Morgan fingerprint density at radius 3 is 2.75 bits per heavy atom. The first-order valence-corrected chi connectivity index (χ1v) is 6.54. The van der Waals surface area contributed by atoms with Gasteiger partial charge in [0.25, 0.3) is 0 Å². The van der Waals surface area contributed by atoms with E-state index in [-0.39, 0.29) is 0 Å². The van der Waals surface area contributed by atoms with Gasteiger partial charge in [-0.1, -0.05) is 0 Å². The Morgan fingerprint density at radius 2 is 2.00 bits per heavy atom. The Morgan fingerprint density at radius 1 is 1.12 bits per heavy atom. The molecular formula is C12H24N2O2. The van der Waals surface area contributed by atoms with Gasteiger partial charge in [0.1, 0.15) is 0 Å². The molecule has 2 aliphatic heterocycles. The molecule has 2 fully saturated rings. The summed E-state index contributed by atoms with van der Waals surface area (Å²) in [5, 5.41) is 3.54. The minimum Gasteiger partial charge on any atom is -0.381 e. The van der Waals surface area contributed by atoms with Gasteiger partial charge in [0.2, 0.25) is 0 Å². The molecule has 0 saturated carbocycles. The second-order valence-electron chi connectivity index (χ2n) is 4.74. The van der Waals surface area contributed by atoms with Crippen molar-refractivity contribution in [2.24, 2.45) is 5.92 Å². The summed E-state index contributed by atoms with van der Waals surface area (Å²) in [6.07, 6.45) is 2.56. The third-order valence-electron chi connectivity index (χ3n) is 3.40. The van der Waals surface area contributed by atoms with Crippen LogP contribution in [0, 0.1) is 5.92 Å². The molecule has 0 bridgehead atoms. The third-order valence-corrected chi connectivity index (χ3v) is 3.40. The number of nitrogens with one attached hydrogen (secondary N) is 1. The number of hydrogen-bond acceptors (Lipinski definition) is 4. The van der Waals surface area contributed by atoms with Crippen LogP contribution < -0.4 is 5.32 Å². The molecule has 0 aromatic carbocycles. The lowest BCUT2D eigenvalue weighted by Gasteiger charge is -2.27. The van der Waals surface area contributed by atoms with Crippen LogP contribution in [-0.4, -0.2) is 64.1 Å². The SMILES string of the molecule is C1COCC(CNCCN2CCOCC2)C1. The molecule has 4 heteroatoms. The quantitative estimate of drug-likeness (QED) is 0.688. The molecule has 0 spiro atoms. The molecule has 4 nitrogen and oxygen atoms in total. The maximum absolute atomic E-state index is 5.46. The van der Waals surface area contributed by atoms with Crippen molar-refractivity contribution in [3.8, 4) is 0 Å². The first-order chi connectivity index (χ1) is 7.95. The predicted molar refractivity (Wildman–Crippen MR) is 63.7 cm³/mol. The summed E-state index contributed by atoms with van der Waals surface area (Å²) in [5.41, 5.74) is 0. The molecule has 2 aliphatic rings. The highest BCUT2D eigenvalue weighted by atomic mass is 16.5. The van der Waals surface area contributed by atoms with Gasteiger partial charge in [0.05, 0.1) is 19.8 Å². The largest absolute Gasteiger partial charge is 0.381 e. The van der Waals surface area contributed by atoms with Crippen molar-refractivity contribution in [3.63, 3.8) is 0 Å². The summed E-state index contributed by atoms with van der Waals surface area (Å²) in [6.45, 7) is 9.25. The molecule has 2 heterocycles. The van der Waals surface area contributed by atoms with E-state index >= 15 is 0 Å².